The van der Waals surface area contributed by atoms with Crippen LogP contribution in [-0.2, 0) is 0 Å². The van der Waals surface area contributed by atoms with E-state index in [0.29, 0.717) is 17.9 Å². The number of hydrogen-bond acceptors (Lipinski definition) is 2. The second kappa shape index (κ2) is 4.35. The van der Waals surface area contributed by atoms with Crippen molar-refractivity contribution in [2.75, 3.05) is 19.6 Å². The van der Waals surface area contributed by atoms with Crippen molar-refractivity contribution in [3.05, 3.63) is 36.0 Å². The fourth-order valence-corrected chi connectivity index (χ4v) is 3.78. The summed E-state index contributed by atoms with van der Waals surface area (Å²) in [5, 5.41) is 4.58. The highest BCUT2D eigenvalue weighted by atomic mass is 16.2. The molecule has 0 spiro atoms. The molecule has 4 rings (SSSR count). The highest BCUT2D eigenvalue weighted by Gasteiger charge is 2.43. The molecule has 2 saturated heterocycles. The van der Waals surface area contributed by atoms with Gasteiger partial charge in [0.1, 0.15) is 0 Å². The Balaban J connectivity index is 1.63. The first-order valence-electron chi connectivity index (χ1n) is 7.33. The third-order valence-corrected chi connectivity index (χ3v) is 5.00. The summed E-state index contributed by atoms with van der Waals surface area (Å²) in [7, 11) is 0. The molecular weight excluding hydrogens is 250 g/mol. The highest BCUT2D eigenvalue weighted by Crippen LogP contribution is 2.33. The van der Waals surface area contributed by atoms with Gasteiger partial charge < -0.3 is 15.2 Å². The van der Waals surface area contributed by atoms with Gasteiger partial charge in [0.2, 0.25) is 0 Å². The summed E-state index contributed by atoms with van der Waals surface area (Å²) < 4.78 is 0. The number of nitrogens with zero attached hydrogens (tertiary/aromatic N) is 1. The van der Waals surface area contributed by atoms with Gasteiger partial charge in [0.05, 0.1) is 0 Å². The molecule has 4 nitrogen and oxygen atoms in total. The summed E-state index contributed by atoms with van der Waals surface area (Å²) in [6.45, 7) is 5.17. The fourth-order valence-electron chi connectivity index (χ4n) is 3.78. The van der Waals surface area contributed by atoms with E-state index in [2.05, 4.69) is 22.1 Å². The monoisotopic (exact) mass is 269 g/mol. The SMILES string of the molecule is CC1C2CNCC2CN1C(=O)c1ccc2cc[nH]c2c1. The number of aromatic nitrogens is 1. The summed E-state index contributed by atoms with van der Waals surface area (Å²) >= 11 is 0. The van der Waals surface area contributed by atoms with Crippen molar-refractivity contribution in [1.29, 1.82) is 0 Å². The second-order valence-corrected chi connectivity index (χ2v) is 6.06. The number of likely N-dealkylation sites (tertiary alicyclic amines) is 1. The number of carbonyl (C=O) groups is 1. The molecule has 3 heterocycles. The van der Waals surface area contributed by atoms with Crippen LogP contribution >= 0.6 is 0 Å². The predicted molar refractivity (Wildman–Crippen MR) is 78.6 cm³/mol. The van der Waals surface area contributed by atoms with Crippen LogP contribution in [0.2, 0.25) is 0 Å². The van der Waals surface area contributed by atoms with E-state index in [1.807, 2.05) is 30.5 Å². The lowest BCUT2D eigenvalue weighted by Gasteiger charge is -2.24. The maximum Gasteiger partial charge on any atom is 0.254 e. The maximum atomic E-state index is 12.7. The summed E-state index contributed by atoms with van der Waals surface area (Å²) in [6, 6.07) is 8.29. The van der Waals surface area contributed by atoms with E-state index in [4.69, 9.17) is 0 Å². The Morgan fingerprint density at radius 3 is 3.05 bits per heavy atom. The first kappa shape index (κ1) is 12.0. The number of carbonyl (C=O) groups excluding carboxylic acids is 1. The molecule has 2 aliphatic rings. The van der Waals surface area contributed by atoms with Crippen LogP contribution in [0.25, 0.3) is 10.9 Å². The van der Waals surface area contributed by atoms with Crippen LogP contribution in [0.15, 0.2) is 30.5 Å². The molecule has 1 aromatic heterocycles. The number of fused-ring (bicyclic) bond motifs is 2. The van der Waals surface area contributed by atoms with Crippen molar-refractivity contribution < 1.29 is 4.79 Å². The van der Waals surface area contributed by atoms with Crippen LogP contribution in [0.4, 0.5) is 0 Å². The molecule has 3 unspecified atom stereocenters. The molecule has 1 aromatic carbocycles. The zero-order valence-corrected chi connectivity index (χ0v) is 11.6. The van der Waals surface area contributed by atoms with Gasteiger partial charge in [0.25, 0.3) is 5.91 Å². The third-order valence-electron chi connectivity index (χ3n) is 5.00. The topological polar surface area (TPSA) is 48.1 Å². The largest absolute Gasteiger partial charge is 0.361 e. The van der Waals surface area contributed by atoms with Gasteiger partial charge in [-0.3, -0.25) is 4.79 Å². The molecule has 0 bridgehead atoms. The Morgan fingerprint density at radius 1 is 1.30 bits per heavy atom. The van der Waals surface area contributed by atoms with E-state index in [0.717, 1.165) is 36.1 Å². The van der Waals surface area contributed by atoms with Crippen molar-refractivity contribution in [2.45, 2.75) is 13.0 Å². The molecule has 2 aliphatic heterocycles. The molecule has 0 aliphatic carbocycles. The van der Waals surface area contributed by atoms with Gasteiger partial charge in [-0.1, -0.05) is 6.07 Å². The molecule has 0 radical (unpaired) electrons. The lowest BCUT2D eigenvalue weighted by molar-refractivity contribution is 0.0728. The Kier molecular flexibility index (Phi) is 2.60. The number of nitrogens with one attached hydrogen (secondary N) is 2. The summed E-state index contributed by atoms with van der Waals surface area (Å²) in [5.41, 5.74) is 1.82. The van der Waals surface area contributed by atoms with Gasteiger partial charge in [0, 0.05) is 43.0 Å². The zero-order valence-electron chi connectivity index (χ0n) is 11.6. The minimum absolute atomic E-state index is 0.170. The lowest BCUT2D eigenvalue weighted by Crippen LogP contribution is -2.38. The molecule has 2 fully saturated rings. The standard InChI is InChI=1S/C16H19N3O/c1-10-14-8-17-7-13(14)9-19(10)16(20)12-3-2-11-4-5-18-15(11)6-12/h2-6,10,13-14,17-18H,7-9H2,1H3. The van der Waals surface area contributed by atoms with Crippen molar-refractivity contribution >= 4 is 16.8 Å². The van der Waals surface area contributed by atoms with E-state index in [-0.39, 0.29) is 5.91 Å². The van der Waals surface area contributed by atoms with Crippen LogP contribution in [0.1, 0.15) is 17.3 Å². The van der Waals surface area contributed by atoms with Crippen LogP contribution in [0.3, 0.4) is 0 Å². The van der Waals surface area contributed by atoms with Crippen LogP contribution < -0.4 is 5.32 Å². The number of amides is 1. The van der Waals surface area contributed by atoms with Gasteiger partial charge in [-0.25, -0.2) is 0 Å². The molecule has 2 aromatic rings. The Morgan fingerprint density at radius 2 is 2.20 bits per heavy atom. The van der Waals surface area contributed by atoms with E-state index < -0.39 is 0 Å². The molecular formula is C16H19N3O. The third kappa shape index (κ3) is 1.68. The smallest absolute Gasteiger partial charge is 0.254 e. The van der Waals surface area contributed by atoms with E-state index in [1.165, 1.54) is 0 Å². The van der Waals surface area contributed by atoms with Gasteiger partial charge in [-0.2, -0.15) is 0 Å². The molecule has 3 atom stereocenters. The number of H-pyrrole nitrogens is 1. The minimum atomic E-state index is 0.170. The number of aromatic amines is 1. The molecule has 2 N–H and O–H groups in total. The normalized spacial score (nSPS) is 29.1. The number of benzene rings is 1. The molecule has 104 valence electrons. The average Bonchev–Trinajstić information content (AvgIpc) is 3.15. The Bertz CT molecular complexity index is 663. The summed E-state index contributed by atoms with van der Waals surface area (Å²) in [6.07, 6.45) is 1.91. The first-order chi connectivity index (χ1) is 9.74. The van der Waals surface area contributed by atoms with Gasteiger partial charge in [0.15, 0.2) is 0 Å². The highest BCUT2D eigenvalue weighted by molar-refractivity contribution is 5.98. The van der Waals surface area contributed by atoms with Gasteiger partial charge in [-0.15, -0.1) is 0 Å². The Hall–Kier alpha value is -1.81. The number of rotatable bonds is 1. The van der Waals surface area contributed by atoms with Crippen LogP contribution in [0, 0.1) is 11.8 Å². The van der Waals surface area contributed by atoms with Crippen molar-refractivity contribution in [3.8, 4) is 0 Å². The van der Waals surface area contributed by atoms with E-state index in [1.54, 1.807) is 0 Å². The van der Waals surface area contributed by atoms with Gasteiger partial charge in [-0.05, 0) is 42.3 Å². The molecule has 4 heteroatoms. The van der Waals surface area contributed by atoms with Crippen LogP contribution in [-0.4, -0.2) is 41.5 Å². The summed E-state index contributed by atoms with van der Waals surface area (Å²) in [5.74, 6) is 1.42. The zero-order chi connectivity index (χ0) is 13.7. The quantitative estimate of drug-likeness (QED) is 0.830. The molecule has 20 heavy (non-hydrogen) atoms. The average molecular weight is 269 g/mol. The molecule has 0 saturated carbocycles. The lowest BCUT2D eigenvalue weighted by atomic mass is 9.95. The number of hydrogen-bond donors (Lipinski definition) is 2. The van der Waals surface area contributed by atoms with Crippen molar-refractivity contribution in [2.24, 2.45) is 11.8 Å². The van der Waals surface area contributed by atoms with Gasteiger partial charge >= 0.3 is 0 Å². The van der Waals surface area contributed by atoms with E-state index >= 15 is 0 Å². The maximum absolute atomic E-state index is 12.7. The summed E-state index contributed by atoms with van der Waals surface area (Å²) in [4.78, 5) is 18.0. The minimum Gasteiger partial charge on any atom is -0.361 e. The molecule has 1 amide bonds. The van der Waals surface area contributed by atoms with Crippen LogP contribution in [0.5, 0.6) is 0 Å². The van der Waals surface area contributed by atoms with Crippen molar-refractivity contribution in [3.63, 3.8) is 0 Å². The van der Waals surface area contributed by atoms with E-state index in [9.17, 15) is 4.79 Å². The Labute approximate surface area is 118 Å². The second-order valence-electron chi connectivity index (χ2n) is 6.06. The first-order valence-corrected chi connectivity index (χ1v) is 7.33. The van der Waals surface area contributed by atoms with Crippen molar-refractivity contribution in [1.82, 2.24) is 15.2 Å². The predicted octanol–water partition coefficient (Wildman–Crippen LogP) is 1.85. The fraction of sp³-hybridized carbons (Fsp3) is 0.438.